The maximum Gasteiger partial charge on any atom is 0.389 e. The minimum Gasteiger partial charge on any atom is -0.313 e. The summed E-state index contributed by atoms with van der Waals surface area (Å²) >= 11 is 3.49. The normalized spacial score (nSPS) is 13.7. The molecule has 0 radical (unpaired) electrons. The van der Waals surface area contributed by atoms with Crippen molar-refractivity contribution in [2.45, 2.75) is 38.4 Å². The van der Waals surface area contributed by atoms with Crippen LogP contribution in [0.15, 0.2) is 22.7 Å². The zero-order chi connectivity index (χ0) is 13.8. The topological polar surface area (TPSA) is 12.0 Å². The molecule has 1 N–H and O–H groups in total. The number of rotatable bonds is 5. The summed E-state index contributed by atoms with van der Waals surface area (Å²) in [5, 5.41) is 3.08. The van der Waals surface area contributed by atoms with Crippen LogP contribution in [0, 0.1) is 6.92 Å². The second-order valence-electron chi connectivity index (χ2n) is 4.33. The molecule has 18 heavy (non-hydrogen) atoms. The minimum atomic E-state index is -4.07. The second-order valence-corrected chi connectivity index (χ2v) is 5.12. The molecule has 1 nitrogen and oxygen atoms in total. The molecule has 0 amide bonds. The molecule has 1 unspecified atom stereocenters. The molecule has 0 aromatic heterocycles. The van der Waals surface area contributed by atoms with Crippen LogP contribution in [0.2, 0.25) is 0 Å². The number of halogens is 4. The lowest BCUT2D eigenvalue weighted by molar-refractivity contribution is -0.135. The van der Waals surface area contributed by atoms with Crippen molar-refractivity contribution in [3.63, 3.8) is 0 Å². The van der Waals surface area contributed by atoms with Crippen molar-refractivity contribution < 1.29 is 13.2 Å². The van der Waals surface area contributed by atoms with Crippen LogP contribution >= 0.6 is 15.9 Å². The first kappa shape index (κ1) is 15.5. The molecule has 1 aromatic carbocycles. The summed E-state index contributed by atoms with van der Waals surface area (Å²) in [5.41, 5.74) is 2.10. The van der Waals surface area contributed by atoms with E-state index in [1.807, 2.05) is 25.1 Å². The highest BCUT2D eigenvalue weighted by atomic mass is 79.9. The molecular weight excluding hydrogens is 307 g/mol. The summed E-state index contributed by atoms with van der Waals surface area (Å²) in [6, 6.07) is 5.77. The van der Waals surface area contributed by atoms with Gasteiger partial charge in [0.2, 0.25) is 0 Å². The maximum absolute atomic E-state index is 12.1. The van der Waals surface area contributed by atoms with E-state index in [4.69, 9.17) is 0 Å². The Labute approximate surface area is 114 Å². The molecule has 102 valence electrons. The summed E-state index contributed by atoms with van der Waals surface area (Å²) in [5.74, 6) is 0. The number of hydrogen-bond acceptors (Lipinski definition) is 1. The van der Waals surface area contributed by atoms with Crippen LogP contribution in [0.1, 0.15) is 36.4 Å². The summed E-state index contributed by atoms with van der Waals surface area (Å²) in [6.07, 6.45) is -4.19. The molecule has 1 aromatic rings. The van der Waals surface area contributed by atoms with Crippen LogP contribution in [-0.4, -0.2) is 13.2 Å². The lowest BCUT2D eigenvalue weighted by Crippen LogP contribution is -2.18. The molecule has 0 saturated heterocycles. The Morgan fingerprint density at radius 1 is 1.33 bits per heavy atom. The molecular formula is C13H17BrF3N. The van der Waals surface area contributed by atoms with Crippen molar-refractivity contribution in [3.8, 4) is 0 Å². The Hall–Kier alpha value is -0.550. The molecule has 0 aliphatic rings. The molecule has 0 heterocycles. The van der Waals surface area contributed by atoms with E-state index in [2.05, 4.69) is 21.2 Å². The second kappa shape index (κ2) is 6.57. The Bertz CT molecular complexity index is 390. The standard InChI is InChI=1S/C13H17BrF3N/c1-9-5-3-6-10(12(9)14)11(18-2)7-4-8-13(15,16)17/h3,5-6,11,18H,4,7-8H2,1-2H3. The summed E-state index contributed by atoms with van der Waals surface area (Å²) in [7, 11) is 1.77. The number of alkyl halides is 3. The monoisotopic (exact) mass is 323 g/mol. The van der Waals surface area contributed by atoms with Crippen LogP contribution in [0.5, 0.6) is 0 Å². The van der Waals surface area contributed by atoms with Crippen molar-refractivity contribution in [2.24, 2.45) is 0 Å². The van der Waals surface area contributed by atoms with Gasteiger partial charge >= 0.3 is 6.18 Å². The van der Waals surface area contributed by atoms with Gasteiger partial charge in [-0.1, -0.05) is 34.1 Å². The predicted octanol–water partition coefficient (Wildman–Crippen LogP) is 4.75. The Balaban J connectivity index is 2.69. The fourth-order valence-corrected chi connectivity index (χ4v) is 2.44. The SMILES string of the molecule is CNC(CCCC(F)(F)F)c1cccc(C)c1Br. The zero-order valence-corrected chi connectivity index (χ0v) is 12.0. The fourth-order valence-electron chi connectivity index (χ4n) is 1.90. The largest absolute Gasteiger partial charge is 0.389 e. The van der Waals surface area contributed by atoms with Crippen molar-refractivity contribution in [1.82, 2.24) is 5.32 Å². The van der Waals surface area contributed by atoms with Gasteiger partial charge < -0.3 is 5.32 Å². The number of nitrogens with one attached hydrogen (secondary N) is 1. The van der Waals surface area contributed by atoms with E-state index >= 15 is 0 Å². The third kappa shape index (κ3) is 4.61. The van der Waals surface area contributed by atoms with E-state index in [-0.39, 0.29) is 12.5 Å². The molecule has 0 bridgehead atoms. The lowest BCUT2D eigenvalue weighted by atomic mass is 9.99. The van der Waals surface area contributed by atoms with Crippen molar-refractivity contribution >= 4 is 15.9 Å². The predicted molar refractivity (Wildman–Crippen MR) is 70.6 cm³/mol. The van der Waals surface area contributed by atoms with Crippen LogP contribution < -0.4 is 5.32 Å². The quantitative estimate of drug-likeness (QED) is 0.824. The Morgan fingerprint density at radius 2 is 2.00 bits per heavy atom. The third-order valence-electron chi connectivity index (χ3n) is 2.90. The highest BCUT2D eigenvalue weighted by Gasteiger charge is 2.27. The third-order valence-corrected chi connectivity index (χ3v) is 3.98. The fraction of sp³-hybridized carbons (Fsp3) is 0.538. The van der Waals surface area contributed by atoms with Gasteiger partial charge in [0.25, 0.3) is 0 Å². The molecule has 1 atom stereocenters. The molecule has 5 heteroatoms. The van der Waals surface area contributed by atoms with Gasteiger partial charge in [-0.3, -0.25) is 0 Å². The van der Waals surface area contributed by atoms with Crippen LogP contribution in [-0.2, 0) is 0 Å². The van der Waals surface area contributed by atoms with Gasteiger partial charge in [0.1, 0.15) is 0 Å². The van der Waals surface area contributed by atoms with Gasteiger partial charge in [0, 0.05) is 16.9 Å². The van der Waals surface area contributed by atoms with E-state index < -0.39 is 12.6 Å². The highest BCUT2D eigenvalue weighted by Crippen LogP contribution is 2.31. The highest BCUT2D eigenvalue weighted by molar-refractivity contribution is 9.10. The van der Waals surface area contributed by atoms with Gasteiger partial charge in [-0.05, 0) is 37.9 Å². The van der Waals surface area contributed by atoms with E-state index in [1.54, 1.807) is 7.05 Å². The first-order valence-corrected chi connectivity index (χ1v) is 6.63. The van der Waals surface area contributed by atoms with Crippen LogP contribution in [0.25, 0.3) is 0 Å². The molecule has 0 aliphatic carbocycles. The first-order chi connectivity index (χ1) is 8.35. The lowest BCUT2D eigenvalue weighted by Gasteiger charge is -2.19. The minimum absolute atomic E-state index is 0.0541. The van der Waals surface area contributed by atoms with Gasteiger partial charge in [-0.2, -0.15) is 13.2 Å². The summed E-state index contributed by atoms with van der Waals surface area (Å²) < 4.78 is 37.3. The van der Waals surface area contributed by atoms with E-state index in [0.717, 1.165) is 15.6 Å². The van der Waals surface area contributed by atoms with Crippen LogP contribution in [0.3, 0.4) is 0 Å². The number of benzene rings is 1. The Morgan fingerprint density at radius 3 is 2.56 bits per heavy atom. The van der Waals surface area contributed by atoms with E-state index in [1.165, 1.54) is 0 Å². The molecule has 0 aliphatic heterocycles. The van der Waals surface area contributed by atoms with Crippen LogP contribution in [0.4, 0.5) is 13.2 Å². The number of hydrogen-bond donors (Lipinski definition) is 1. The van der Waals surface area contributed by atoms with Crippen molar-refractivity contribution in [1.29, 1.82) is 0 Å². The van der Waals surface area contributed by atoms with Gasteiger partial charge in [-0.25, -0.2) is 0 Å². The number of aryl methyl sites for hydroxylation is 1. The average Bonchev–Trinajstić information content (AvgIpc) is 2.27. The van der Waals surface area contributed by atoms with E-state index in [9.17, 15) is 13.2 Å². The van der Waals surface area contributed by atoms with Crippen molar-refractivity contribution in [3.05, 3.63) is 33.8 Å². The molecule has 0 saturated carbocycles. The average molecular weight is 324 g/mol. The maximum atomic E-state index is 12.1. The van der Waals surface area contributed by atoms with E-state index in [0.29, 0.717) is 6.42 Å². The van der Waals surface area contributed by atoms with Gasteiger partial charge in [-0.15, -0.1) is 0 Å². The van der Waals surface area contributed by atoms with Crippen molar-refractivity contribution in [2.75, 3.05) is 7.05 Å². The smallest absolute Gasteiger partial charge is 0.313 e. The van der Waals surface area contributed by atoms with Gasteiger partial charge in [0.15, 0.2) is 0 Å². The van der Waals surface area contributed by atoms with Gasteiger partial charge in [0.05, 0.1) is 0 Å². The summed E-state index contributed by atoms with van der Waals surface area (Å²) in [6.45, 7) is 1.97. The molecule has 1 rings (SSSR count). The first-order valence-electron chi connectivity index (χ1n) is 5.84. The Kier molecular flexibility index (Phi) is 5.66. The zero-order valence-electron chi connectivity index (χ0n) is 10.4. The molecule has 0 spiro atoms. The summed E-state index contributed by atoms with van der Waals surface area (Å²) in [4.78, 5) is 0. The molecule has 0 fully saturated rings.